The monoisotopic (exact) mass is 424 g/mol. The summed E-state index contributed by atoms with van der Waals surface area (Å²) in [6, 6.07) is 19.3. The Bertz CT molecular complexity index is 1040. The van der Waals surface area contributed by atoms with Crippen LogP contribution in [0.1, 0.15) is 36.5 Å². The van der Waals surface area contributed by atoms with E-state index >= 15 is 0 Å². The Balaban J connectivity index is 2.35. The van der Waals surface area contributed by atoms with Gasteiger partial charge in [0.05, 0.1) is 19.1 Å². The molecule has 0 bridgehead atoms. The Kier molecular flexibility index (Phi) is 6.79. The molecule has 0 fully saturated rings. The molecule has 0 aliphatic carbocycles. The molecule has 2 aromatic carbocycles. The highest BCUT2D eigenvalue weighted by molar-refractivity contribution is 7.58. The van der Waals surface area contributed by atoms with Crippen molar-refractivity contribution in [2.45, 2.75) is 26.7 Å². The molecule has 1 heterocycles. The smallest absolute Gasteiger partial charge is 0.396 e. The number of nitriles is 1. The van der Waals surface area contributed by atoms with E-state index in [2.05, 4.69) is 6.07 Å². The van der Waals surface area contributed by atoms with Crippen molar-refractivity contribution < 1.29 is 18.3 Å². The normalized spacial score (nSPS) is 16.9. The third kappa shape index (κ3) is 4.20. The van der Waals surface area contributed by atoms with Gasteiger partial charge in [0, 0.05) is 5.57 Å². The lowest BCUT2D eigenvalue weighted by molar-refractivity contribution is 0.199. The molecule has 1 aliphatic heterocycles. The van der Waals surface area contributed by atoms with Crippen LogP contribution >= 0.6 is 7.60 Å². The summed E-state index contributed by atoms with van der Waals surface area (Å²) in [4.78, 5) is 0. The Morgan fingerprint density at radius 3 is 2.20 bits per heavy atom. The van der Waals surface area contributed by atoms with Crippen molar-refractivity contribution in [2.24, 2.45) is 5.73 Å². The highest BCUT2D eigenvalue weighted by atomic mass is 31.2. The van der Waals surface area contributed by atoms with Gasteiger partial charge < -0.3 is 19.5 Å². The van der Waals surface area contributed by atoms with E-state index in [4.69, 9.17) is 19.5 Å². The summed E-state index contributed by atoms with van der Waals surface area (Å²) in [6.07, 6.45) is 0. The van der Waals surface area contributed by atoms with Crippen molar-refractivity contribution in [2.75, 3.05) is 13.2 Å². The topological polar surface area (TPSA) is 94.6 Å². The van der Waals surface area contributed by atoms with E-state index in [9.17, 15) is 9.83 Å². The molecular formula is C23H25N2O4P. The van der Waals surface area contributed by atoms with Crippen molar-refractivity contribution in [1.82, 2.24) is 0 Å². The lowest BCUT2D eigenvalue weighted by Crippen LogP contribution is -2.21. The second-order valence-electron chi connectivity index (χ2n) is 6.75. The molecule has 0 saturated heterocycles. The molecule has 0 aromatic heterocycles. The molecule has 1 atom stereocenters. The van der Waals surface area contributed by atoms with E-state index < -0.39 is 13.5 Å². The van der Waals surface area contributed by atoms with Gasteiger partial charge >= 0.3 is 7.60 Å². The highest BCUT2D eigenvalue weighted by Crippen LogP contribution is 2.63. The summed E-state index contributed by atoms with van der Waals surface area (Å²) in [5.41, 5.74) is 9.63. The molecule has 0 saturated carbocycles. The number of hydrogen-bond donors (Lipinski definition) is 1. The van der Waals surface area contributed by atoms with Gasteiger partial charge in [-0.3, -0.25) is 4.57 Å². The van der Waals surface area contributed by atoms with Crippen molar-refractivity contribution in [3.8, 4) is 6.07 Å². The molecule has 2 aromatic rings. The van der Waals surface area contributed by atoms with Gasteiger partial charge in [0.25, 0.3) is 0 Å². The Morgan fingerprint density at radius 2 is 1.67 bits per heavy atom. The number of nitrogens with two attached hydrogens (primary N) is 1. The molecule has 6 nitrogen and oxygen atoms in total. The average Bonchev–Trinajstić information content (AvgIpc) is 2.74. The largest absolute Gasteiger partial charge is 0.432 e. The van der Waals surface area contributed by atoms with E-state index in [1.807, 2.05) is 61.5 Å². The fourth-order valence-corrected chi connectivity index (χ4v) is 5.19. The fourth-order valence-electron chi connectivity index (χ4n) is 3.44. The van der Waals surface area contributed by atoms with E-state index in [1.165, 1.54) is 0 Å². The minimum absolute atomic E-state index is 0.0273. The second kappa shape index (κ2) is 9.32. The Labute approximate surface area is 177 Å². The fraction of sp³-hybridized carbons (Fsp3) is 0.261. The van der Waals surface area contributed by atoms with E-state index in [1.54, 1.807) is 13.8 Å². The zero-order valence-electron chi connectivity index (χ0n) is 17.3. The van der Waals surface area contributed by atoms with Crippen LogP contribution < -0.4 is 5.73 Å². The summed E-state index contributed by atoms with van der Waals surface area (Å²) in [6.45, 7) is 5.77. The van der Waals surface area contributed by atoms with Gasteiger partial charge in [0.2, 0.25) is 11.4 Å². The summed E-state index contributed by atoms with van der Waals surface area (Å²) < 4.78 is 30.7. The van der Waals surface area contributed by atoms with Crippen molar-refractivity contribution in [3.63, 3.8) is 0 Å². The molecule has 3 rings (SSSR count). The number of rotatable bonds is 7. The number of allylic oxidation sites excluding steroid dienone is 2. The van der Waals surface area contributed by atoms with E-state index in [-0.39, 0.29) is 30.2 Å². The molecule has 1 unspecified atom stereocenters. The lowest BCUT2D eigenvalue weighted by Gasteiger charge is -2.32. The second-order valence-corrected chi connectivity index (χ2v) is 8.67. The molecule has 0 spiro atoms. The van der Waals surface area contributed by atoms with Crippen molar-refractivity contribution in [1.29, 1.82) is 5.26 Å². The summed E-state index contributed by atoms with van der Waals surface area (Å²) in [5, 5.41) is 9.89. The number of nitrogens with zero attached hydrogens (tertiary/aromatic N) is 1. The molecule has 156 valence electrons. The third-order valence-electron chi connectivity index (χ3n) is 4.74. The minimum atomic E-state index is -3.82. The SMILES string of the molecule is CCOP(=O)(OCC)C1=C(c2ccccc2)C(c2ccc(C)cc2)C(C#N)=C(N)O1. The Morgan fingerprint density at radius 1 is 1.07 bits per heavy atom. The number of aryl methyl sites for hydroxylation is 1. The zero-order valence-corrected chi connectivity index (χ0v) is 18.2. The maximum Gasteiger partial charge on any atom is 0.396 e. The van der Waals surface area contributed by atoms with Gasteiger partial charge in [-0.15, -0.1) is 0 Å². The zero-order chi connectivity index (χ0) is 21.7. The van der Waals surface area contributed by atoms with Crippen LogP contribution in [0, 0.1) is 18.3 Å². The molecule has 0 radical (unpaired) electrons. The molecule has 7 heteroatoms. The van der Waals surface area contributed by atoms with Crippen LogP contribution in [-0.2, 0) is 18.3 Å². The van der Waals surface area contributed by atoms with Gasteiger partial charge in [-0.25, -0.2) is 0 Å². The van der Waals surface area contributed by atoms with Crippen LogP contribution in [0.25, 0.3) is 5.57 Å². The maximum absolute atomic E-state index is 13.7. The first-order valence-corrected chi connectivity index (χ1v) is 11.3. The van der Waals surface area contributed by atoms with E-state index in [0.717, 1.165) is 16.7 Å². The predicted octanol–water partition coefficient (Wildman–Crippen LogP) is 5.44. The third-order valence-corrected chi connectivity index (χ3v) is 6.77. The molecular weight excluding hydrogens is 399 g/mol. The summed E-state index contributed by atoms with van der Waals surface area (Å²) in [5.74, 6) is -0.673. The summed E-state index contributed by atoms with van der Waals surface area (Å²) >= 11 is 0. The van der Waals surface area contributed by atoms with E-state index in [0.29, 0.717) is 5.57 Å². The van der Waals surface area contributed by atoms with Gasteiger partial charge in [-0.05, 0) is 31.9 Å². The first kappa shape index (κ1) is 21.9. The van der Waals surface area contributed by atoms with Crippen molar-refractivity contribution >= 4 is 13.2 Å². The van der Waals surface area contributed by atoms with Crippen LogP contribution in [0.5, 0.6) is 0 Å². The highest BCUT2D eigenvalue weighted by Gasteiger charge is 2.43. The van der Waals surface area contributed by atoms with Crippen LogP contribution in [0.15, 0.2) is 71.6 Å². The lowest BCUT2D eigenvalue weighted by atomic mass is 9.81. The predicted molar refractivity (Wildman–Crippen MR) is 116 cm³/mol. The molecule has 0 amide bonds. The molecule has 30 heavy (non-hydrogen) atoms. The van der Waals surface area contributed by atoms with Gasteiger partial charge in [-0.1, -0.05) is 60.2 Å². The summed E-state index contributed by atoms with van der Waals surface area (Å²) in [7, 11) is -3.82. The number of benzene rings is 2. The van der Waals surface area contributed by atoms with Gasteiger partial charge in [0.15, 0.2) is 0 Å². The van der Waals surface area contributed by atoms with Gasteiger partial charge in [-0.2, -0.15) is 5.26 Å². The Hall–Kier alpha value is -2.84. The number of hydrogen-bond acceptors (Lipinski definition) is 6. The first-order chi connectivity index (χ1) is 14.4. The van der Waals surface area contributed by atoms with Gasteiger partial charge in [0.1, 0.15) is 11.6 Å². The average molecular weight is 424 g/mol. The minimum Gasteiger partial charge on any atom is -0.432 e. The maximum atomic E-state index is 13.7. The standard InChI is InChI=1S/C23H25N2O4P/c1-4-27-30(26,28-5-2)23-21(17-9-7-6-8-10-17)20(19(15-24)22(25)29-23)18-13-11-16(3)12-14-18/h6-14,20H,4-5,25H2,1-3H3. The van der Waals surface area contributed by atoms with Crippen LogP contribution in [-0.4, -0.2) is 13.2 Å². The van der Waals surface area contributed by atoms with Crippen LogP contribution in [0.4, 0.5) is 0 Å². The quantitative estimate of drug-likeness (QED) is 0.595. The van der Waals surface area contributed by atoms with Crippen LogP contribution in [0.3, 0.4) is 0 Å². The van der Waals surface area contributed by atoms with Crippen molar-refractivity contribution in [3.05, 3.63) is 88.2 Å². The molecule has 1 aliphatic rings. The number of ether oxygens (including phenoxy) is 1. The first-order valence-electron chi connectivity index (χ1n) is 9.78. The van der Waals surface area contributed by atoms with Crippen LogP contribution in [0.2, 0.25) is 0 Å². The molecule has 2 N–H and O–H groups in total.